The minimum atomic E-state index is -0.0830. The number of rotatable bonds is 4. The Morgan fingerprint density at radius 3 is 3.08 bits per heavy atom. The van der Waals surface area contributed by atoms with Crippen LogP contribution in [0.4, 0.5) is 0 Å². The third-order valence-corrected chi connectivity index (χ3v) is 5.38. The first kappa shape index (κ1) is 16.2. The molecule has 0 radical (unpaired) electrons. The summed E-state index contributed by atoms with van der Waals surface area (Å²) in [5, 5.41) is 5.98. The van der Waals surface area contributed by atoms with E-state index in [4.69, 9.17) is 4.98 Å². The van der Waals surface area contributed by atoms with Crippen LogP contribution in [-0.4, -0.2) is 32.0 Å². The van der Waals surface area contributed by atoms with Crippen LogP contribution in [-0.2, 0) is 19.4 Å². The molecule has 0 atom stereocenters. The highest BCUT2D eigenvalue weighted by Gasteiger charge is 2.20. The maximum atomic E-state index is 12.7. The van der Waals surface area contributed by atoms with E-state index in [1.807, 2.05) is 18.4 Å². The number of thiazole rings is 1. The molecular weight excluding hydrogens is 334 g/mol. The molecule has 3 aromatic rings. The second-order valence-electron chi connectivity index (χ2n) is 6.41. The van der Waals surface area contributed by atoms with E-state index >= 15 is 0 Å². The molecule has 0 fully saturated rings. The zero-order chi connectivity index (χ0) is 17.2. The van der Waals surface area contributed by atoms with Gasteiger partial charge in [-0.05, 0) is 25.8 Å². The lowest BCUT2D eigenvalue weighted by Gasteiger charge is -2.07. The summed E-state index contributed by atoms with van der Waals surface area (Å²) >= 11 is 1.61. The first-order valence-electron chi connectivity index (χ1n) is 8.75. The molecule has 25 heavy (non-hydrogen) atoms. The molecule has 0 saturated carbocycles. The molecule has 4 rings (SSSR count). The molecule has 3 aromatic heterocycles. The van der Waals surface area contributed by atoms with Crippen LogP contribution >= 0.6 is 11.3 Å². The van der Waals surface area contributed by atoms with Gasteiger partial charge in [0.2, 0.25) is 0 Å². The number of pyridine rings is 1. The van der Waals surface area contributed by atoms with Gasteiger partial charge in [0.05, 0.1) is 10.6 Å². The normalized spacial score (nSPS) is 14.3. The Kier molecular flexibility index (Phi) is 4.48. The SMILES string of the molecule is Cc1cc(C(=O)NCCc2nccs2)c2nc3n(c2n1)CCCCC3. The van der Waals surface area contributed by atoms with Crippen LogP contribution in [0.15, 0.2) is 17.6 Å². The summed E-state index contributed by atoms with van der Waals surface area (Å²) in [6, 6.07) is 1.84. The fraction of sp³-hybridized carbons (Fsp3) is 0.444. The van der Waals surface area contributed by atoms with Gasteiger partial charge in [-0.25, -0.2) is 15.0 Å². The van der Waals surface area contributed by atoms with Gasteiger partial charge in [0.15, 0.2) is 5.65 Å². The van der Waals surface area contributed by atoms with Gasteiger partial charge in [0, 0.05) is 43.2 Å². The molecule has 130 valence electrons. The first-order valence-corrected chi connectivity index (χ1v) is 9.63. The number of amides is 1. The van der Waals surface area contributed by atoms with Gasteiger partial charge in [-0.2, -0.15) is 0 Å². The number of hydrogen-bond acceptors (Lipinski definition) is 5. The number of carbonyl (C=O) groups is 1. The number of nitrogens with zero attached hydrogens (tertiary/aromatic N) is 4. The summed E-state index contributed by atoms with van der Waals surface area (Å²) in [7, 11) is 0. The third-order valence-electron chi connectivity index (χ3n) is 4.55. The number of fused-ring (bicyclic) bond motifs is 3. The number of aromatic nitrogens is 4. The van der Waals surface area contributed by atoms with Crippen molar-refractivity contribution in [1.29, 1.82) is 0 Å². The number of imidazole rings is 1. The van der Waals surface area contributed by atoms with Crippen molar-refractivity contribution in [2.75, 3.05) is 6.54 Å². The second-order valence-corrected chi connectivity index (χ2v) is 7.38. The number of carbonyl (C=O) groups excluding carboxylic acids is 1. The first-order chi connectivity index (χ1) is 12.2. The van der Waals surface area contributed by atoms with Crippen molar-refractivity contribution in [3.05, 3.63) is 39.7 Å². The van der Waals surface area contributed by atoms with Crippen molar-refractivity contribution in [2.45, 2.75) is 45.6 Å². The molecular formula is C18H21N5OS. The number of nitrogens with one attached hydrogen (secondary N) is 1. The molecule has 7 heteroatoms. The smallest absolute Gasteiger partial charge is 0.253 e. The fourth-order valence-electron chi connectivity index (χ4n) is 3.34. The van der Waals surface area contributed by atoms with Gasteiger partial charge in [0.1, 0.15) is 11.3 Å². The molecule has 0 unspecified atom stereocenters. The Labute approximate surface area is 150 Å². The van der Waals surface area contributed by atoms with Crippen molar-refractivity contribution in [1.82, 2.24) is 24.8 Å². The molecule has 0 aromatic carbocycles. The van der Waals surface area contributed by atoms with E-state index in [1.165, 1.54) is 6.42 Å². The molecule has 1 amide bonds. The highest BCUT2D eigenvalue weighted by Crippen LogP contribution is 2.24. The fourth-order valence-corrected chi connectivity index (χ4v) is 3.96. The average molecular weight is 355 g/mol. The van der Waals surface area contributed by atoms with E-state index in [9.17, 15) is 4.79 Å². The molecule has 0 bridgehead atoms. The summed E-state index contributed by atoms with van der Waals surface area (Å²) in [6.45, 7) is 3.44. The largest absolute Gasteiger partial charge is 0.352 e. The summed E-state index contributed by atoms with van der Waals surface area (Å²) in [4.78, 5) is 26.4. The Balaban J connectivity index is 1.61. The van der Waals surface area contributed by atoms with Crippen LogP contribution in [0.25, 0.3) is 11.2 Å². The monoisotopic (exact) mass is 355 g/mol. The molecule has 1 aliphatic rings. The van der Waals surface area contributed by atoms with E-state index in [0.717, 1.165) is 59.9 Å². The lowest BCUT2D eigenvalue weighted by Crippen LogP contribution is -2.26. The Hall–Kier alpha value is -2.28. The van der Waals surface area contributed by atoms with Crippen molar-refractivity contribution in [3.8, 4) is 0 Å². The van der Waals surface area contributed by atoms with Gasteiger partial charge < -0.3 is 9.88 Å². The molecule has 4 heterocycles. The zero-order valence-corrected chi connectivity index (χ0v) is 15.1. The van der Waals surface area contributed by atoms with E-state index in [2.05, 4.69) is 19.9 Å². The highest BCUT2D eigenvalue weighted by atomic mass is 32.1. The maximum absolute atomic E-state index is 12.7. The Morgan fingerprint density at radius 2 is 2.24 bits per heavy atom. The van der Waals surface area contributed by atoms with Gasteiger partial charge in [-0.15, -0.1) is 11.3 Å². The molecule has 1 aliphatic heterocycles. The van der Waals surface area contributed by atoms with Crippen molar-refractivity contribution < 1.29 is 4.79 Å². The molecule has 1 N–H and O–H groups in total. The summed E-state index contributed by atoms with van der Waals surface area (Å²) < 4.78 is 2.20. The van der Waals surface area contributed by atoms with Gasteiger partial charge in [-0.1, -0.05) is 6.42 Å². The second kappa shape index (κ2) is 6.92. The summed E-state index contributed by atoms with van der Waals surface area (Å²) in [5.41, 5.74) is 3.06. The van der Waals surface area contributed by atoms with E-state index in [0.29, 0.717) is 12.1 Å². The highest BCUT2D eigenvalue weighted by molar-refractivity contribution is 7.09. The van der Waals surface area contributed by atoms with Gasteiger partial charge in [0.25, 0.3) is 5.91 Å². The topological polar surface area (TPSA) is 72.7 Å². The van der Waals surface area contributed by atoms with Crippen LogP contribution in [0.5, 0.6) is 0 Å². The van der Waals surface area contributed by atoms with Crippen LogP contribution in [0.2, 0.25) is 0 Å². The summed E-state index contributed by atoms with van der Waals surface area (Å²) in [5.74, 6) is 0.975. The van der Waals surface area contributed by atoms with Crippen molar-refractivity contribution >= 4 is 28.4 Å². The Bertz CT molecular complexity index is 900. The Morgan fingerprint density at radius 1 is 1.32 bits per heavy atom. The van der Waals surface area contributed by atoms with E-state index in [1.54, 1.807) is 17.5 Å². The molecule has 6 nitrogen and oxygen atoms in total. The molecule has 0 saturated heterocycles. The maximum Gasteiger partial charge on any atom is 0.253 e. The number of hydrogen-bond donors (Lipinski definition) is 1. The number of aryl methyl sites for hydroxylation is 3. The van der Waals surface area contributed by atoms with E-state index in [-0.39, 0.29) is 5.91 Å². The van der Waals surface area contributed by atoms with Crippen molar-refractivity contribution in [3.63, 3.8) is 0 Å². The molecule has 0 spiro atoms. The minimum Gasteiger partial charge on any atom is -0.352 e. The third kappa shape index (κ3) is 3.28. The predicted octanol–water partition coefficient (Wildman–Crippen LogP) is 2.90. The standard InChI is InChI=1S/C18H21N5OS/c1-12-11-13(18(24)20-7-6-15-19-8-10-25-15)16-17(21-12)23-9-4-2-3-5-14(23)22-16/h8,10-11H,2-7,9H2,1H3,(H,20,24). The minimum absolute atomic E-state index is 0.0830. The zero-order valence-electron chi connectivity index (χ0n) is 14.3. The van der Waals surface area contributed by atoms with Gasteiger partial charge in [-0.3, -0.25) is 4.79 Å². The summed E-state index contributed by atoms with van der Waals surface area (Å²) in [6.07, 6.45) is 7.01. The van der Waals surface area contributed by atoms with Crippen LogP contribution in [0.1, 0.15) is 46.1 Å². The van der Waals surface area contributed by atoms with E-state index < -0.39 is 0 Å². The van der Waals surface area contributed by atoms with Crippen LogP contribution < -0.4 is 5.32 Å². The van der Waals surface area contributed by atoms with Crippen LogP contribution in [0.3, 0.4) is 0 Å². The molecule has 0 aliphatic carbocycles. The average Bonchev–Trinajstić information content (AvgIpc) is 3.16. The lowest BCUT2D eigenvalue weighted by molar-refractivity contribution is 0.0955. The van der Waals surface area contributed by atoms with Gasteiger partial charge >= 0.3 is 0 Å². The lowest BCUT2D eigenvalue weighted by atomic mass is 10.2. The van der Waals surface area contributed by atoms with Crippen LogP contribution in [0, 0.1) is 6.92 Å². The predicted molar refractivity (Wildman–Crippen MR) is 98.0 cm³/mol. The quantitative estimate of drug-likeness (QED) is 0.781. The van der Waals surface area contributed by atoms with Crippen molar-refractivity contribution in [2.24, 2.45) is 0 Å².